The van der Waals surface area contributed by atoms with Crippen LogP contribution in [0.1, 0.15) is 39.5 Å². The zero-order valence-corrected chi connectivity index (χ0v) is 17.4. The van der Waals surface area contributed by atoms with Gasteiger partial charge in [-0.2, -0.15) is 5.10 Å². The highest BCUT2D eigenvalue weighted by atomic mass is 127. The third kappa shape index (κ3) is 5.10. The van der Waals surface area contributed by atoms with E-state index in [2.05, 4.69) is 29.2 Å². The molecule has 1 saturated heterocycles. The predicted molar refractivity (Wildman–Crippen MR) is 110 cm³/mol. The summed E-state index contributed by atoms with van der Waals surface area (Å²) in [6.07, 6.45) is 9.53. The van der Waals surface area contributed by atoms with E-state index in [1.165, 1.54) is 38.8 Å². The van der Waals surface area contributed by atoms with Crippen LogP contribution in [0, 0.1) is 17.8 Å². The number of hydrogen-bond donors (Lipinski definition) is 1. The molecular weight excluding hydrogens is 413 g/mol. The van der Waals surface area contributed by atoms with Gasteiger partial charge in [0.25, 0.3) is 0 Å². The zero-order valence-electron chi connectivity index (χ0n) is 15.0. The Morgan fingerprint density at radius 3 is 2.58 bits per heavy atom. The van der Waals surface area contributed by atoms with Crippen molar-refractivity contribution in [1.82, 2.24) is 20.0 Å². The maximum atomic E-state index is 4.92. The second-order valence-corrected chi connectivity index (χ2v) is 7.24. The average molecular weight is 445 g/mol. The number of fused-ring (bicyclic) bond motifs is 1. The SMILES string of the molecule is CCNC(=NCC(C)Cn1cccn1)N1CC2CCCCC2C1.I. The summed E-state index contributed by atoms with van der Waals surface area (Å²) >= 11 is 0. The number of aliphatic imine (C=N–C) groups is 1. The Kier molecular flexibility index (Phi) is 7.84. The topological polar surface area (TPSA) is 45.5 Å². The zero-order chi connectivity index (χ0) is 16.1. The van der Waals surface area contributed by atoms with Gasteiger partial charge in [0.2, 0.25) is 0 Å². The normalized spacial score (nSPS) is 25.1. The van der Waals surface area contributed by atoms with Crippen LogP contribution in [-0.2, 0) is 6.54 Å². The monoisotopic (exact) mass is 445 g/mol. The van der Waals surface area contributed by atoms with E-state index < -0.39 is 0 Å². The minimum atomic E-state index is 0. The van der Waals surface area contributed by atoms with Crippen LogP contribution in [0.25, 0.3) is 0 Å². The molecular formula is C18H32IN5. The van der Waals surface area contributed by atoms with Crippen LogP contribution in [0.5, 0.6) is 0 Å². The molecule has 3 rings (SSSR count). The maximum absolute atomic E-state index is 4.92. The molecule has 6 heteroatoms. The van der Waals surface area contributed by atoms with E-state index in [1.54, 1.807) is 0 Å². The lowest BCUT2D eigenvalue weighted by molar-refractivity contribution is 0.299. The Hall–Kier alpha value is -0.790. The minimum Gasteiger partial charge on any atom is -0.357 e. The van der Waals surface area contributed by atoms with Crippen molar-refractivity contribution in [2.75, 3.05) is 26.2 Å². The van der Waals surface area contributed by atoms with Gasteiger partial charge in [-0.25, -0.2) is 0 Å². The number of halogens is 1. The van der Waals surface area contributed by atoms with E-state index in [4.69, 9.17) is 4.99 Å². The first-order valence-corrected chi connectivity index (χ1v) is 9.27. The van der Waals surface area contributed by atoms with Crippen LogP contribution in [0.4, 0.5) is 0 Å². The largest absolute Gasteiger partial charge is 0.357 e. The molecule has 2 heterocycles. The highest BCUT2D eigenvalue weighted by Gasteiger charge is 2.35. The highest BCUT2D eigenvalue weighted by molar-refractivity contribution is 14.0. The first-order valence-electron chi connectivity index (χ1n) is 9.27. The van der Waals surface area contributed by atoms with Crippen molar-refractivity contribution in [2.24, 2.45) is 22.7 Å². The summed E-state index contributed by atoms with van der Waals surface area (Å²) in [5.41, 5.74) is 0. The molecule has 1 aliphatic carbocycles. The number of hydrogen-bond acceptors (Lipinski definition) is 2. The summed E-state index contributed by atoms with van der Waals surface area (Å²) in [5.74, 6) is 3.41. The lowest BCUT2D eigenvalue weighted by atomic mass is 9.82. The number of nitrogens with zero attached hydrogens (tertiary/aromatic N) is 4. The van der Waals surface area contributed by atoms with Crippen LogP contribution in [0.2, 0.25) is 0 Å². The van der Waals surface area contributed by atoms with Gasteiger partial charge in [0.05, 0.1) is 0 Å². The molecule has 1 N–H and O–H groups in total. The second-order valence-electron chi connectivity index (χ2n) is 7.24. The number of likely N-dealkylation sites (tertiary alicyclic amines) is 1. The van der Waals surface area contributed by atoms with Gasteiger partial charge in [-0.3, -0.25) is 9.67 Å². The summed E-state index contributed by atoms with van der Waals surface area (Å²) in [5, 5.41) is 7.79. The van der Waals surface area contributed by atoms with Gasteiger partial charge in [-0.15, -0.1) is 24.0 Å². The maximum Gasteiger partial charge on any atom is 0.193 e. The van der Waals surface area contributed by atoms with Crippen LogP contribution in [0.15, 0.2) is 23.5 Å². The lowest BCUT2D eigenvalue weighted by Gasteiger charge is -2.22. The van der Waals surface area contributed by atoms with Crippen LogP contribution >= 0.6 is 24.0 Å². The molecule has 1 saturated carbocycles. The molecule has 136 valence electrons. The fourth-order valence-electron chi connectivity index (χ4n) is 4.03. The van der Waals surface area contributed by atoms with E-state index in [-0.39, 0.29) is 24.0 Å². The van der Waals surface area contributed by atoms with Crippen molar-refractivity contribution in [3.05, 3.63) is 18.5 Å². The van der Waals surface area contributed by atoms with Crippen molar-refractivity contribution < 1.29 is 0 Å². The molecule has 1 aliphatic heterocycles. The summed E-state index contributed by atoms with van der Waals surface area (Å²) in [6.45, 7) is 9.53. The van der Waals surface area contributed by atoms with Crippen molar-refractivity contribution in [1.29, 1.82) is 0 Å². The van der Waals surface area contributed by atoms with E-state index in [0.29, 0.717) is 5.92 Å². The Morgan fingerprint density at radius 2 is 2.00 bits per heavy atom. The first-order chi connectivity index (χ1) is 11.3. The summed E-state index contributed by atoms with van der Waals surface area (Å²) in [7, 11) is 0. The number of aromatic nitrogens is 2. The van der Waals surface area contributed by atoms with Crippen molar-refractivity contribution >= 4 is 29.9 Å². The molecule has 0 amide bonds. The fourth-order valence-corrected chi connectivity index (χ4v) is 4.03. The van der Waals surface area contributed by atoms with E-state index >= 15 is 0 Å². The first kappa shape index (κ1) is 19.5. The van der Waals surface area contributed by atoms with Crippen LogP contribution < -0.4 is 5.32 Å². The van der Waals surface area contributed by atoms with Gasteiger partial charge in [0, 0.05) is 45.1 Å². The molecule has 5 nitrogen and oxygen atoms in total. The van der Waals surface area contributed by atoms with Crippen molar-refractivity contribution in [3.63, 3.8) is 0 Å². The number of nitrogens with one attached hydrogen (secondary N) is 1. The third-order valence-electron chi connectivity index (χ3n) is 5.22. The fraction of sp³-hybridized carbons (Fsp3) is 0.778. The second kappa shape index (κ2) is 9.63. The molecule has 0 bridgehead atoms. The van der Waals surface area contributed by atoms with Crippen LogP contribution in [-0.4, -0.2) is 46.8 Å². The van der Waals surface area contributed by atoms with Crippen molar-refractivity contribution in [3.8, 4) is 0 Å². The van der Waals surface area contributed by atoms with E-state index in [9.17, 15) is 0 Å². The van der Waals surface area contributed by atoms with Gasteiger partial charge in [0.15, 0.2) is 5.96 Å². The molecule has 0 spiro atoms. The third-order valence-corrected chi connectivity index (χ3v) is 5.22. The number of rotatable bonds is 5. The predicted octanol–water partition coefficient (Wildman–Crippen LogP) is 3.22. The molecule has 3 unspecified atom stereocenters. The molecule has 3 atom stereocenters. The summed E-state index contributed by atoms with van der Waals surface area (Å²) in [4.78, 5) is 7.43. The van der Waals surface area contributed by atoms with Crippen LogP contribution in [0.3, 0.4) is 0 Å². The summed E-state index contributed by atoms with van der Waals surface area (Å²) < 4.78 is 2.00. The van der Waals surface area contributed by atoms with Gasteiger partial charge in [-0.1, -0.05) is 19.8 Å². The van der Waals surface area contributed by atoms with E-state index in [0.717, 1.165) is 37.4 Å². The molecule has 2 fully saturated rings. The van der Waals surface area contributed by atoms with Gasteiger partial charge >= 0.3 is 0 Å². The molecule has 1 aromatic heterocycles. The molecule has 2 aliphatic rings. The van der Waals surface area contributed by atoms with Gasteiger partial charge in [-0.05, 0) is 43.6 Å². The average Bonchev–Trinajstić information content (AvgIpc) is 3.20. The lowest BCUT2D eigenvalue weighted by Crippen LogP contribution is -2.40. The summed E-state index contributed by atoms with van der Waals surface area (Å²) in [6, 6.07) is 1.98. The minimum absolute atomic E-state index is 0. The van der Waals surface area contributed by atoms with Gasteiger partial charge < -0.3 is 10.2 Å². The molecule has 24 heavy (non-hydrogen) atoms. The quantitative estimate of drug-likeness (QED) is 0.430. The Balaban J connectivity index is 0.00000208. The molecule has 0 aromatic carbocycles. The molecule has 0 radical (unpaired) electrons. The Bertz CT molecular complexity index is 488. The standard InChI is InChI=1S/C18H31N5.HI/c1-3-19-18(20-11-15(2)12-23-10-6-9-21-23)22-13-16-7-4-5-8-17(16)14-22;/h6,9-10,15-17H,3-5,7-8,11-14H2,1-2H3,(H,19,20);1H. The highest BCUT2D eigenvalue weighted by Crippen LogP contribution is 2.35. The Morgan fingerprint density at radius 1 is 1.29 bits per heavy atom. The van der Waals surface area contributed by atoms with E-state index in [1.807, 2.05) is 23.1 Å². The number of guanidine groups is 1. The van der Waals surface area contributed by atoms with Crippen molar-refractivity contribution in [2.45, 2.75) is 46.1 Å². The molecule has 1 aromatic rings. The van der Waals surface area contributed by atoms with Gasteiger partial charge in [0.1, 0.15) is 0 Å². The smallest absolute Gasteiger partial charge is 0.193 e. The Labute approximate surface area is 163 Å².